The van der Waals surface area contributed by atoms with Crippen molar-refractivity contribution in [3.8, 4) is 0 Å². The van der Waals surface area contributed by atoms with Crippen molar-refractivity contribution in [3.05, 3.63) is 0 Å². The Morgan fingerprint density at radius 3 is 2.61 bits per heavy atom. The minimum Gasteiger partial charge on any atom is -0.394 e. The maximum absolute atomic E-state index is 9.67. The van der Waals surface area contributed by atoms with Gasteiger partial charge in [-0.25, -0.2) is 0 Å². The highest BCUT2D eigenvalue weighted by Crippen LogP contribution is 2.23. The monoisotopic (exact) mass is 258 g/mol. The van der Waals surface area contributed by atoms with Gasteiger partial charge in [-0.3, -0.25) is 4.90 Å². The standard InChI is InChI=1S/C14H30N2O2/c1-5-12(2)16(8-9-18-4)10-14(3,11-17)15-13-6-7-13/h12-13,15,17H,5-11H2,1-4H3. The van der Waals surface area contributed by atoms with Crippen LogP contribution in [0.15, 0.2) is 0 Å². The molecule has 0 aliphatic heterocycles. The molecule has 108 valence electrons. The molecule has 2 atom stereocenters. The number of nitrogens with zero attached hydrogens (tertiary/aromatic N) is 1. The highest BCUT2D eigenvalue weighted by atomic mass is 16.5. The van der Waals surface area contributed by atoms with Crippen LogP contribution in [0.2, 0.25) is 0 Å². The molecule has 2 unspecified atom stereocenters. The lowest BCUT2D eigenvalue weighted by molar-refractivity contribution is 0.0719. The van der Waals surface area contributed by atoms with E-state index in [1.807, 2.05) is 0 Å². The fraction of sp³-hybridized carbons (Fsp3) is 1.00. The molecule has 0 radical (unpaired) electrons. The molecule has 1 fully saturated rings. The highest BCUT2D eigenvalue weighted by Gasteiger charge is 2.34. The van der Waals surface area contributed by atoms with E-state index in [0.29, 0.717) is 12.1 Å². The Morgan fingerprint density at radius 2 is 2.17 bits per heavy atom. The number of ether oxygens (including phenoxy) is 1. The molecule has 1 aliphatic carbocycles. The Bertz CT molecular complexity index is 234. The lowest BCUT2D eigenvalue weighted by atomic mass is 10.0. The quantitative estimate of drug-likeness (QED) is 0.619. The molecule has 0 saturated heterocycles. The van der Waals surface area contributed by atoms with Crippen LogP contribution >= 0.6 is 0 Å². The van der Waals surface area contributed by atoms with Crippen molar-refractivity contribution < 1.29 is 9.84 Å². The zero-order valence-electron chi connectivity index (χ0n) is 12.4. The zero-order chi connectivity index (χ0) is 13.6. The van der Waals surface area contributed by atoms with Gasteiger partial charge in [0.1, 0.15) is 0 Å². The summed E-state index contributed by atoms with van der Waals surface area (Å²) in [5, 5.41) is 13.2. The van der Waals surface area contributed by atoms with Crippen LogP contribution in [0.25, 0.3) is 0 Å². The van der Waals surface area contributed by atoms with Crippen LogP contribution < -0.4 is 5.32 Å². The van der Waals surface area contributed by atoms with Gasteiger partial charge in [-0.2, -0.15) is 0 Å². The molecule has 0 heterocycles. The van der Waals surface area contributed by atoms with Crippen LogP contribution in [0.5, 0.6) is 0 Å². The molecule has 4 nitrogen and oxygen atoms in total. The van der Waals surface area contributed by atoms with Gasteiger partial charge in [0, 0.05) is 32.3 Å². The third-order valence-electron chi connectivity index (χ3n) is 3.83. The van der Waals surface area contributed by atoms with E-state index in [1.54, 1.807) is 7.11 Å². The molecule has 0 aromatic rings. The molecular formula is C14H30N2O2. The third-order valence-corrected chi connectivity index (χ3v) is 3.83. The van der Waals surface area contributed by atoms with Crippen LogP contribution in [0.3, 0.4) is 0 Å². The first kappa shape index (κ1) is 15.9. The van der Waals surface area contributed by atoms with Crippen LogP contribution in [0, 0.1) is 0 Å². The van der Waals surface area contributed by atoms with E-state index in [1.165, 1.54) is 12.8 Å². The lowest BCUT2D eigenvalue weighted by Gasteiger charge is -2.38. The van der Waals surface area contributed by atoms with Crippen molar-refractivity contribution >= 4 is 0 Å². The summed E-state index contributed by atoms with van der Waals surface area (Å²) in [6.07, 6.45) is 3.61. The molecular weight excluding hydrogens is 228 g/mol. The van der Waals surface area contributed by atoms with Crippen LogP contribution in [-0.2, 0) is 4.74 Å². The van der Waals surface area contributed by atoms with Gasteiger partial charge in [0.05, 0.1) is 18.8 Å². The first-order chi connectivity index (χ1) is 8.54. The summed E-state index contributed by atoms with van der Waals surface area (Å²) in [5.41, 5.74) is -0.196. The van der Waals surface area contributed by atoms with Crippen LogP contribution in [0.4, 0.5) is 0 Å². The lowest BCUT2D eigenvalue weighted by Crippen LogP contribution is -2.56. The maximum atomic E-state index is 9.67. The molecule has 0 aromatic heterocycles. The van der Waals surface area contributed by atoms with E-state index in [0.717, 1.165) is 26.1 Å². The predicted molar refractivity (Wildman–Crippen MR) is 74.9 cm³/mol. The molecule has 1 aliphatic rings. The number of hydrogen-bond acceptors (Lipinski definition) is 4. The number of rotatable bonds is 10. The first-order valence-electron chi connectivity index (χ1n) is 7.16. The Hall–Kier alpha value is -0.160. The predicted octanol–water partition coefficient (Wildman–Crippen LogP) is 1.24. The Kier molecular flexibility index (Phi) is 6.57. The van der Waals surface area contributed by atoms with E-state index in [4.69, 9.17) is 4.74 Å². The van der Waals surface area contributed by atoms with E-state index < -0.39 is 0 Å². The maximum Gasteiger partial charge on any atom is 0.0623 e. The van der Waals surface area contributed by atoms with E-state index in [-0.39, 0.29) is 12.1 Å². The molecule has 0 spiro atoms. The molecule has 4 heteroatoms. The number of nitrogens with one attached hydrogen (secondary N) is 1. The van der Waals surface area contributed by atoms with Crippen molar-refractivity contribution in [2.45, 2.75) is 57.7 Å². The molecule has 0 bridgehead atoms. The van der Waals surface area contributed by atoms with Gasteiger partial charge in [0.2, 0.25) is 0 Å². The van der Waals surface area contributed by atoms with Crippen molar-refractivity contribution in [3.63, 3.8) is 0 Å². The van der Waals surface area contributed by atoms with Crippen LogP contribution in [-0.4, -0.2) is 61.0 Å². The molecule has 2 N–H and O–H groups in total. The van der Waals surface area contributed by atoms with Gasteiger partial charge in [-0.1, -0.05) is 6.92 Å². The van der Waals surface area contributed by atoms with Crippen LogP contribution in [0.1, 0.15) is 40.0 Å². The van der Waals surface area contributed by atoms with Gasteiger partial charge < -0.3 is 15.2 Å². The Morgan fingerprint density at radius 1 is 1.50 bits per heavy atom. The highest BCUT2D eigenvalue weighted by molar-refractivity contribution is 4.94. The molecule has 0 aromatic carbocycles. The molecule has 0 amide bonds. The Balaban J connectivity index is 2.53. The topological polar surface area (TPSA) is 44.7 Å². The number of hydrogen-bond donors (Lipinski definition) is 2. The van der Waals surface area contributed by atoms with Gasteiger partial charge in [0.25, 0.3) is 0 Å². The largest absolute Gasteiger partial charge is 0.394 e. The van der Waals surface area contributed by atoms with E-state index in [9.17, 15) is 5.11 Å². The number of methoxy groups -OCH3 is 1. The Labute approximate surface area is 112 Å². The van der Waals surface area contributed by atoms with Gasteiger partial charge >= 0.3 is 0 Å². The third kappa shape index (κ3) is 5.22. The average Bonchev–Trinajstić information content (AvgIpc) is 3.17. The minimum atomic E-state index is -0.196. The number of aliphatic hydroxyl groups excluding tert-OH is 1. The second kappa shape index (κ2) is 7.43. The summed E-state index contributed by atoms with van der Waals surface area (Å²) in [7, 11) is 1.74. The molecule has 1 saturated carbocycles. The van der Waals surface area contributed by atoms with Crippen molar-refractivity contribution in [1.29, 1.82) is 0 Å². The number of aliphatic hydroxyl groups is 1. The molecule has 1 rings (SSSR count). The fourth-order valence-corrected chi connectivity index (χ4v) is 2.23. The summed E-state index contributed by atoms with van der Waals surface area (Å²) in [6.45, 7) is 9.29. The SMILES string of the molecule is CCC(C)N(CCOC)CC(C)(CO)NC1CC1. The summed E-state index contributed by atoms with van der Waals surface area (Å²) >= 11 is 0. The van der Waals surface area contributed by atoms with Crippen molar-refractivity contribution in [2.75, 3.05) is 33.4 Å². The zero-order valence-corrected chi connectivity index (χ0v) is 12.4. The summed E-state index contributed by atoms with van der Waals surface area (Å²) in [6, 6.07) is 1.13. The van der Waals surface area contributed by atoms with Gasteiger partial charge in [0.15, 0.2) is 0 Å². The second-order valence-electron chi connectivity index (χ2n) is 5.86. The van der Waals surface area contributed by atoms with Gasteiger partial charge in [-0.05, 0) is 33.1 Å². The molecule has 18 heavy (non-hydrogen) atoms. The smallest absolute Gasteiger partial charge is 0.0623 e. The van der Waals surface area contributed by atoms with E-state index in [2.05, 4.69) is 31.0 Å². The van der Waals surface area contributed by atoms with Crippen molar-refractivity contribution in [1.82, 2.24) is 10.2 Å². The van der Waals surface area contributed by atoms with E-state index >= 15 is 0 Å². The second-order valence-corrected chi connectivity index (χ2v) is 5.86. The first-order valence-corrected chi connectivity index (χ1v) is 7.16. The summed E-state index contributed by atoms with van der Waals surface area (Å²) < 4.78 is 5.18. The summed E-state index contributed by atoms with van der Waals surface area (Å²) in [4.78, 5) is 2.41. The fourth-order valence-electron chi connectivity index (χ4n) is 2.23. The summed E-state index contributed by atoms with van der Waals surface area (Å²) in [5.74, 6) is 0. The normalized spacial score (nSPS) is 21.0. The average molecular weight is 258 g/mol. The van der Waals surface area contributed by atoms with Gasteiger partial charge in [-0.15, -0.1) is 0 Å². The minimum absolute atomic E-state index is 0.184. The van der Waals surface area contributed by atoms with Crippen molar-refractivity contribution in [2.24, 2.45) is 0 Å².